The van der Waals surface area contributed by atoms with E-state index in [1.165, 1.54) is 13.8 Å². The van der Waals surface area contributed by atoms with E-state index in [1.54, 1.807) is 15.6 Å². The zero-order chi connectivity index (χ0) is 17.2. The third-order valence-electron chi connectivity index (χ3n) is 3.69. The molecule has 0 atom stereocenters. The highest BCUT2D eigenvalue weighted by Crippen LogP contribution is 2.17. The monoisotopic (exact) mass is 323 g/mol. The van der Waals surface area contributed by atoms with Crippen molar-refractivity contribution in [3.63, 3.8) is 0 Å². The van der Waals surface area contributed by atoms with Crippen LogP contribution in [0.4, 0.5) is 0 Å². The van der Waals surface area contributed by atoms with Gasteiger partial charge in [-0.3, -0.25) is 14.3 Å². The molecular formula is C15H25N5O3. The van der Waals surface area contributed by atoms with Crippen LogP contribution >= 0.6 is 0 Å². The normalized spacial score (nSPS) is 14.8. The molecule has 8 nitrogen and oxygen atoms in total. The molecule has 23 heavy (non-hydrogen) atoms. The second-order valence-corrected chi connectivity index (χ2v) is 6.59. The van der Waals surface area contributed by atoms with E-state index in [1.807, 2.05) is 19.0 Å². The summed E-state index contributed by atoms with van der Waals surface area (Å²) in [6, 6.07) is 1.70. The number of carbonyl (C=O) groups is 2. The molecule has 1 aromatic rings. The minimum absolute atomic E-state index is 0.214. The fourth-order valence-electron chi connectivity index (χ4n) is 2.42. The maximum atomic E-state index is 12.1. The zero-order valence-corrected chi connectivity index (χ0v) is 14.2. The predicted octanol–water partition coefficient (Wildman–Crippen LogP) is -0.712. The molecule has 0 bridgehead atoms. The van der Waals surface area contributed by atoms with Crippen LogP contribution in [0.1, 0.15) is 30.0 Å². The standard InChI is InChI=1S/C15H25N5O3/c1-15(2,23)14(22)19-7-8-20-11(10-19)9-12(17-20)13(21)16-5-6-18(3)4/h9,23H,5-8,10H2,1-4H3,(H,16,21). The summed E-state index contributed by atoms with van der Waals surface area (Å²) in [6.45, 7) is 5.60. The first-order chi connectivity index (χ1) is 10.7. The second-order valence-electron chi connectivity index (χ2n) is 6.59. The van der Waals surface area contributed by atoms with Crippen molar-refractivity contribution in [2.24, 2.45) is 0 Å². The van der Waals surface area contributed by atoms with Crippen molar-refractivity contribution >= 4 is 11.8 Å². The van der Waals surface area contributed by atoms with Crippen LogP contribution in [0.5, 0.6) is 0 Å². The average Bonchev–Trinajstić information content (AvgIpc) is 2.87. The van der Waals surface area contributed by atoms with Gasteiger partial charge in [0.2, 0.25) is 0 Å². The van der Waals surface area contributed by atoms with Gasteiger partial charge in [0, 0.05) is 19.6 Å². The maximum absolute atomic E-state index is 12.1. The summed E-state index contributed by atoms with van der Waals surface area (Å²) in [6.07, 6.45) is 0. The molecule has 2 rings (SSSR count). The first-order valence-corrected chi connectivity index (χ1v) is 7.70. The van der Waals surface area contributed by atoms with Crippen LogP contribution in [-0.4, -0.2) is 75.8 Å². The SMILES string of the molecule is CN(C)CCNC(=O)c1cc2n(n1)CCN(C(=O)C(C)(C)O)C2. The Hall–Kier alpha value is -1.93. The van der Waals surface area contributed by atoms with E-state index < -0.39 is 5.60 Å². The first-order valence-electron chi connectivity index (χ1n) is 7.70. The van der Waals surface area contributed by atoms with E-state index in [0.29, 0.717) is 31.9 Å². The van der Waals surface area contributed by atoms with Gasteiger partial charge >= 0.3 is 0 Å². The number of rotatable bonds is 5. The van der Waals surface area contributed by atoms with E-state index in [2.05, 4.69) is 10.4 Å². The molecule has 0 saturated heterocycles. The first kappa shape index (κ1) is 17.4. The van der Waals surface area contributed by atoms with Gasteiger partial charge in [0.25, 0.3) is 11.8 Å². The molecule has 0 unspecified atom stereocenters. The Labute approximate surface area is 136 Å². The molecule has 0 saturated carbocycles. The van der Waals surface area contributed by atoms with Gasteiger partial charge in [0.1, 0.15) is 5.60 Å². The zero-order valence-electron chi connectivity index (χ0n) is 14.2. The average molecular weight is 323 g/mol. The lowest BCUT2D eigenvalue weighted by molar-refractivity contribution is -0.149. The maximum Gasteiger partial charge on any atom is 0.271 e. The van der Waals surface area contributed by atoms with Crippen LogP contribution in [0.15, 0.2) is 6.07 Å². The van der Waals surface area contributed by atoms with E-state index in [4.69, 9.17) is 0 Å². The molecule has 128 valence electrons. The Morgan fingerprint density at radius 1 is 1.39 bits per heavy atom. The van der Waals surface area contributed by atoms with Gasteiger partial charge in [0.15, 0.2) is 5.69 Å². The van der Waals surface area contributed by atoms with Gasteiger partial charge < -0.3 is 20.2 Å². The van der Waals surface area contributed by atoms with Gasteiger partial charge in [-0.1, -0.05) is 0 Å². The molecule has 0 spiro atoms. The van der Waals surface area contributed by atoms with E-state index in [-0.39, 0.29) is 11.8 Å². The number of hydrogen-bond acceptors (Lipinski definition) is 5. The van der Waals surface area contributed by atoms with E-state index in [0.717, 1.165) is 12.2 Å². The number of nitrogens with zero attached hydrogens (tertiary/aromatic N) is 4. The molecule has 2 amide bonds. The van der Waals surface area contributed by atoms with Gasteiger partial charge in [-0.2, -0.15) is 5.10 Å². The van der Waals surface area contributed by atoms with Crippen molar-refractivity contribution in [2.45, 2.75) is 32.5 Å². The molecule has 0 aromatic carbocycles. The van der Waals surface area contributed by atoms with Crippen molar-refractivity contribution in [3.05, 3.63) is 17.5 Å². The van der Waals surface area contributed by atoms with Crippen LogP contribution in [-0.2, 0) is 17.9 Å². The minimum atomic E-state index is -1.39. The largest absolute Gasteiger partial charge is 0.381 e. The highest BCUT2D eigenvalue weighted by molar-refractivity contribution is 5.92. The highest BCUT2D eigenvalue weighted by Gasteiger charge is 2.32. The Morgan fingerprint density at radius 2 is 2.09 bits per heavy atom. The lowest BCUT2D eigenvalue weighted by atomic mass is 10.1. The fourth-order valence-corrected chi connectivity index (χ4v) is 2.42. The summed E-state index contributed by atoms with van der Waals surface area (Å²) in [5, 5.41) is 17.0. The third-order valence-corrected chi connectivity index (χ3v) is 3.69. The van der Waals surface area contributed by atoms with Crippen molar-refractivity contribution in [1.82, 2.24) is 24.9 Å². The van der Waals surface area contributed by atoms with Gasteiger partial charge in [-0.15, -0.1) is 0 Å². The molecule has 1 aromatic heterocycles. The summed E-state index contributed by atoms with van der Waals surface area (Å²) in [4.78, 5) is 27.8. The molecule has 0 fully saturated rings. The highest BCUT2D eigenvalue weighted by atomic mass is 16.3. The van der Waals surface area contributed by atoms with Gasteiger partial charge in [-0.25, -0.2) is 0 Å². The predicted molar refractivity (Wildman–Crippen MR) is 84.8 cm³/mol. The molecule has 1 aliphatic heterocycles. The lowest BCUT2D eigenvalue weighted by Crippen LogP contribution is -2.48. The number of hydrogen-bond donors (Lipinski definition) is 2. The number of carbonyl (C=O) groups excluding carboxylic acids is 2. The van der Waals surface area contributed by atoms with Crippen LogP contribution in [0.3, 0.4) is 0 Å². The fraction of sp³-hybridized carbons (Fsp3) is 0.667. The van der Waals surface area contributed by atoms with Crippen molar-refractivity contribution < 1.29 is 14.7 Å². The molecule has 0 radical (unpaired) electrons. The van der Waals surface area contributed by atoms with E-state index >= 15 is 0 Å². The minimum Gasteiger partial charge on any atom is -0.381 e. The Kier molecular flexibility index (Phi) is 5.06. The van der Waals surface area contributed by atoms with Crippen molar-refractivity contribution in [1.29, 1.82) is 0 Å². The van der Waals surface area contributed by atoms with Gasteiger partial charge in [0.05, 0.1) is 18.8 Å². The molecule has 0 aliphatic carbocycles. The summed E-state index contributed by atoms with van der Waals surface area (Å²) in [7, 11) is 3.88. The van der Waals surface area contributed by atoms with Crippen LogP contribution in [0.25, 0.3) is 0 Å². The Morgan fingerprint density at radius 3 is 2.70 bits per heavy atom. The summed E-state index contributed by atoms with van der Waals surface area (Å²) in [5.41, 5.74) is -0.239. The Bertz CT molecular complexity index is 588. The van der Waals surface area contributed by atoms with Crippen LogP contribution in [0.2, 0.25) is 0 Å². The Balaban J connectivity index is 2.01. The molecule has 8 heteroatoms. The summed E-state index contributed by atoms with van der Waals surface area (Å²) < 4.78 is 1.75. The molecule has 1 aliphatic rings. The van der Waals surface area contributed by atoms with Crippen molar-refractivity contribution in [2.75, 3.05) is 33.7 Å². The molecular weight excluding hydrogens is 298 g/mol. The van der Waals surface area contributed by atoms with Crippen LogP contribution < -0.4 is 5.32 Å². The number of likely N-dealkylation sites (N-methyl/N-ethyl adjacent to an activating group) is 1. The molecule has 2 heterocycles. The quantitative estimate of drug-likeness (QED) is 0.747. The van der Waals surface area contributed by atoms with E-state index in [9.17, 15) is 14.7 Å². The smallest absolute Gasteiger partial charge is 0.271 e. The number of aromatic nitrogens is 2. The van der Waals surface area contributed by atoms with Crippen LogP contribution in [0, 0.1) is 0 Å². The third kappa shape index (κ3) is 4.29. The number of fused-ring (bicyclic) bond motifs is 1. The summed E-state index contributed by atoms with van der Waals surface area (Å²) in [5.74, 6) is -0.531. The van der Waals surface area contributed by atoms with Gasteiger partial charge in [-0.05, 0) is 34.0 Å². The second kappa shape index (κ2) is 6.67. The molecule has 2 N–H and O–H groups in total. The number of nitrogens with one attached hydrogen (secondary N) is 1. The number of amides is 2. The lowest BCUT2D eigenvalue weighted by Gasteiger charge is -2.31. The summed E-state index contributed by atoms with van der Waals surface area (Å²) >= 11 is 0. The number of aliphatic hydroxyl groups is 1. The van der Waals surface area contributed by atoms with Crippen molar-refractivity contribution in [3.8, 4) is 0 Å². The topological polar surface area (TPSA) is 90.7 Å².